The molecule has 0 heterocycles. The van der Waals surface area contributed by atoms with Gasteiger partial charge in [-0.3, -0.25) is 14.4 Å². The molecule has 228 valence electrons. The van der Waals surface area contributed by atoms with Crippen LogP contribution in [0.2, 0.25) is 0 Å². The van der Waals surface area contributed by atoms with Gasteiger partial charge in [0.25, 0.3) is 0 Å². The lowest BCUT2D eigenvalue weighted by molar-refractivity contribution is -0.120. The number of methoxy groups -OCH3 is 3. The van der Waals surface area contributed by atoms with Gasteiger partial charge in [-0.1, -0.05) is 12.1 Å². The van der Waals surface area contributed by atoms with Crippen molar-refractivity contribution in [3.8, 4) is 34.1 Å². The Labute approximate surface area is 255 Å². The molecule has 0 fully saturated rings. The van der Waals surface area contributed by atoms with Crippen molar-refractivity contribution in [3.05, 3.63) is 69.9 Å². The fourth-order valence-electron chi connectivity index (χ4n) is 5.33. The lowest BCUT2D eigenvalue weighted by Crippen LogP contribution is -2.36. The van der Waals surface area contributed by atoms with Crippen molar-refractivity contribution in [2.75, 3.05) is 44.0 Å². The highest BCUT2D eigenvalue weighted by Gasteiger charge is 2.30. The summed E-state index contributed by atoms with van der Waals surface area (Å²) in [6, 6.07) is 12.0. The second-order valence-electron chi connectivity index (χ2n) is 10.1. The Morgan fingerprint density at radius 1 is 1.05 bits per heavy atom. The fourth-order valence-corrected chi connectivity index (χ4v) is 5.80. The zero-order chi connectivity index (χ0) is 31.1. The van der Waals surface area contributed by atoms with Crippen LogP contribution >= 0.6 is 11.8 Å². The summed E-state index contributed by atoms with van der Waals surface area (Å²) >= 11 is 1.59. The molecular weight excluding hydrogens is 570 g/mol. The predicted molar refractivity (Wildman–Crippen MR) is 170 cm³/mol. The number of rotatable bonds is 11. The summed E-state index contributed by atoms with van der Waals surface area (Å²) in [5.74, 6) is 1.53. The molecule has 0 aromatic heterocycles. The van der Waals surface area contributed by atoms with E-state index in [0.717, 1.165) is 11.1 Å². The van der Waals surface area contributed by atoms with Gasteiger partial charge < -0.3 is 35.3 Å². The highest BCUT2D eigenvalue weighted by Crippen LogP contribution is 2.50. The third kappa shape index (κ3) is 7.16. The van der Waals surface area contributed by atoms with E-state index in [-0.39, 0.29) is 28.7 Å². The zero-order valence-electron chi connectivity index (χ0n) is 24.9. The number of aryl methyl sites for hydroxylation is 1. The fraction of sp³-hybridized carbons (Fsp3) is 0.344. The molecule has 0 saturated heterocycles. The Morgan fingerprint density at radius 2 is 1.81 bits per heavy atom. The number of ether oxygens (including phenoxy) is 3. The topological polar surface area (TPSA) is 135 Å². The van der Waals surface area contributed by atoms with Crippen LogP contribution in [0.4, 0.5) is 11.4 Å². The zero-order valence-corrected chi connectivity index (χ0v) is 25.7. The molecule has 2 atom stereocenters. The normalized spacial score (nSPS) is 14.3. The molecule has 4 rings (SSSR count). The summed E-state index contributed by atoms with van der Waals surface area (Å²) in [4.78, 5) is 39.3. The maximum atomic E-state index is 13.7. The second kappa shape index (κ2) is 14.2. The van der Waals surface area contributed by atoms with Gasteiger partial charge in [0.1, 0.15) is 11.8 Å². The molecule has 3 aromatic carbocycles. The highest BCUT2D eigenvalue weighted by atomic mass is 32.2. The van der Waals surface area contributed by atoms with E-state index in [0.29, 0.717) is 59.1 Å². The van der Waals surface area contributed by atoms with Crippen LogP contribution in [0.15, 0.2) is 53.3 Å². The van der Waals surface area contributed by atoms with Crippen LogP contribution in [-0.2, 0) is 16.0 Å². The lowest BCUT2D eigenvalue weighted by atomic mass is 9.95. The number of thioether (sulfide) groups is 1. The Kier molecular flexibility index (Phi) is 10.4. The van der Waals surface area contributed by atoms with Crippen LogP contribution in [0.3, 0.4) is 0 Å². The number of phenolic OH excluding ortho intramolecular Hbond substituents is 1. The Morgan fingerprint density at radius 3 is 2.47 bits per heavy atom. The third-order valence-electron chi connectivity index (χ3n) is 7.29. The molecule has 3 aromatic rings. The van der Waals surface area contributed by atoms with E-state index in [1.807, 2.05) is 18.4 Å². The van der Waals surface area contributed by atoms with Gasteiger partial charge in [0.15, 0.2) is 11.5 Å². The van der Waals surface area contributed by atoms with E-state index < -0.39 is 12.1 Å². The van der Waals surface area contributed by atoms with Crippen LogP contribution in [0.5, 0.6) is 23.0 Å². The Hall–Kier alpha value is -4.38. The minimum atomic E-state index is -0.734. The standard InChI is InChI=1S/C32H37N3O7S/c1-18(36)33-24-11-9-19-15-28(40-2)30(41-3)31(42-4)29(19)22-10-12-25(27(38)17-23(22)24)35-26(13-14-43-5)32(39)34-20-7-6-8-21(37)16-20/h6-8,10,12,15-17,24,26,37H,9,11,13-14H2,1-5H3,(H,33,36)(H,34,39)(H,35,38). The smallest absolute Gasteiger partial charge is 0.246 e. The summed E-state index contributed by atoms with van der Waals surface area (Å²) in [6.07, 6.45) is 3.51. The summed E-state index contributed by atoms with van der Waals surface area (Å²) in [5, 5.41) is 18.8. The average Bonchev–Trinajstić information content (AvgIpc) is 3.22. The maximum absolute atomic E-state index is 13.7. The Balaban J connectivity index is 1.84. The molecule has 0 spiro atoms. The average molecular weight is 608 g/mol. The first-order chi connectivity index (χ1) is 20.7. The van der Waals surface area contributed by atoms with Crippen LogP contribution in [0.25, 0.3) is 11.1 Å². The Bertz CT molecular complexity index is 1560. The first-order valence-electron chi connectivity index (χ1n) is 13.8. The molecule has 0 saturated carbocycles. The van der Waals surface area contributed by atoms with E-state index in [9.17, 15) is 19.5 Å². The van der Waals surface area contributed by atoms with Gasteiger partial charge in [0.05, 0.1) is 33.1 Å². The molecular formula is C32H37N3O7S. The van der Waals surface area contributed by atoms with Crippen LogP contribution in [0.1, 0.15) is 36.9 Å². The van der Waals surface area contributed by atoms with Gasteiger partial charge in [-0.15, -0.1) is 0 Å². The molecule has 43 heavy (non-hydrogen) atoms. The molecule has 4 N–H and O–H groups in total. The number of phenols is 1. The van der Waals surface area contributed by atoms with Crippen molar-refractivity contribution < 1.29 is 28.9 Å². The van der Waals surface area contributed by atoms with E-state index in [2.05, 4.69) is 16.0 Å². The van der Waals surface area contributed by atoms with E-state index in [1.54, 1.807) is 44.2 Å². The number of amides is 2. The summed E-state index contributed by atoms with van der Waals surface area (Å²) in [5.41, 5.74) is 3.32. The minimum Gasteiger partial charge on any atom is -0.508 e. The second-order valence-corrected chi connectivity index (χ2v) is 11.1. The van der Waals surface area contributed by atoms with Crippen molar-refractivity contribution in [1.29, 1.82) is 0 Å². The lowest BCUT2D eigenvalue weighted by Gasteiger charge is -2.19. The van der Waals surface area contributed by atoms with Crippen LogP contribution in [0, 0.1) is 0 Å². The minimum absolute atomic E-state index is 0.0311. The van der Waals surface area contributed by atoms with Crippen molar-refractivity contribution >= 4 is 35.0 Å². The number of hydrogen-bond donors (Lipinski definition) is 4. The SMILES string of the molecule is COc1cc2c(c(OC)c1OC)-c1ccc(NC(CCSC)C(=O)Nc3cccc(O)c3)c(=O)cc1C(NC(C)=O)CC2. The predicted octanol–water partition coefficient (Wildman–Crippen LogP) is 4.74. The highest BCUT2D eigenvalue weighted by molar-refractivity contribution is 7.98. The van der Waals surface area contributed by atoms with E-state index in [4.69, 9.17) is 14.2 Å². The quantitative estimate of drug-likeness (QED) is 0.244. The van der Waals surface area contributed by atoms with Gasteiger partial charge in [-0.25, -0.2) is 0 Å². The number of nitrogens with one attached hydrogen (secondary N) is 3. The van der Waals surface area contributed by atoms with Crippen LogP contribution in [-0.4, -0.2) is 56.3 Å². The third-order valence-corrected chi connectivity index (χ3v) is 7.93. The summed E-state index contributed by atoms with van der Waals surface area (Å²) in [6.45, 7) is 1.44. The molecule has 1 aliphatic carbocycles. The molecule has 0 radical (unpaired) electrons. The van der Waals surface area contributed by atoms with Crippen molar-refractivity contribution in [2.24, 2.45) is 0 Å². The maximum Gasteiger partial charge on any atom is 0.246 e. The summed E-state index contributed by atoms with van der Waals surface area (Å²) < 4.78 is 17.1. The monoisotopic (exact) mass is 607 g/mol. The number of fused-ring (bicyclic) bond motifs is 3. The molecule has 11 heteroatoms. The first-order valence-corrected chi connectivity index (χ1v) is 15.2. The number of carbonyl (C=O) groups is 2. The van der Waals surface area contributed by atoms with Gasteiger partial charge >= 0.3 is 0 Å². The van der Waals surface area contributed by atoms with Crippen LogP contribution < -0.4 is 35.6 Å². The van der Waals surface area contributed by atoms with E-state index >= 15 is 0 Å². The molecule has 2 unspecified atom stereocenters. The molecule has 10 nitrogen and oxygen atoms in total. The van der Waals surface area contributed by atoms with Crippen molar-refractivity contribution in [1.82, 2.24) is 5.32 Å². The van der Waals surface area contributed by atoms with Crippen molar-refractivity contribution in [3.63, 3.8) is 0 Å². The number of carbonyl (C=O) groups excluding carboxylic acids is 2. The number of anilines is 2. The van der Waals surface area contributed by atoms with Gasteiger partial charge in [0.2, 0.25) is 23.0 Å². The number of aromatic hydroxyl groups is 1. The first kappa shape index (κ1) is 31.6. The summed E-state index contributed by atoms with van der Waals surface area (Å²) in [7, 11) is 4.63. The molecule has 1 aliphatic rings. The van der Waals surface area contributed by atoms with E-state index in [1.165, 1.54) is 32.2 Å². The molecule has 0 bridgehead atoms. The molecule has 0 aliphatic heterocycles. The number of benzene rings is 2. The van der Waals surface area contributed by atoms with Gasteiger partial charge in [0, 0.05) is 24.2 Å². The number of hydrogen-bond acceptors (Lipinski definition) is 9. The van der Waals surface area contributed by atoms with Crippen molar-refractivity contribution in [2.45, 2.75) is 38.3 Å². The largest absolute Gasteiger partial charge is 0.508 e. The van der Waals surface area contributed by atoms with Gasteiger partial charge in [-0.2, -0.15) is 11.8 Å². The molecule has 2 amide bonds. The van der Waals surface area contributed by atoms with Gasteiger partial charge in [-0.05, 0) is 78.3 Å².